The normalized spacial score (nSPS) is 26.1. The van der Waals surface area contributed by atoms with E-state index >= 15 is 0 Å². The van der Waals surface area contributed by atoms with Crippen molar-refractivity contribution >= 4 is 35.1 Å². The molecule has 3 aliphatic carbocycles. The van der Waals surface area contributed by atoms with Crippen LogP contribution in [-0.2, 0) is 22.4 Å². The second-order valence-corrected chi connectivity index (χ2v) is 12.8. The number of fused-ring (bicyclic) bond motifs is 3. The maximum atomic E-state index is 14.2. The van der Waals surface area contributed by atoms with Crippen LogP contribution < -0.4 is 5.32 Å². The number of ether oxygens (including phenoxy) is 1. The van der Waals surface area contributed by atoms with Gasteiger partial charge in [0.25, 0.3) is 5.91 Å². The number of rotatable bonds is 7. The van der Waals surface area contributed by atoms with E-state index in [9.17, 15) is 14.0 Å². The van der Waals surface area contributed by atoms with Crippen LogP contribution in [0, 0.1) is 23.1 Å². The van der Waals surface area contributed by atoms with Crippen molar-refractivity contribution < 1.29 is 18.7 Å². The number of hydrogen-bond donors (Lipinski definition) is 1. The molecule has 1 heterocycles. The molecule has 3 aliphatic rings. The molecule has 0 radical (unpaired) electrons. The predicted octanol–water partition coefficient (Wildman–Crippen LogP) is 7.24. The number of nitrogens with zero attached hydrogens (tertiary/aromatic N) is 2. The molecule has 1 N–H and O–H groups in total. The zero-order valence-corrected chi connectivity index (χ0v) is 25.2. The fourth-order valence-corrected chi connectivity index (χ4v) is 7.75. The maximum absolute atomic E-state index is 14.2. The molecule has 3 unspecified atom stereocenters. The third-order valence-corrected chi connectivity index (χ3v) is 9.68. The maximum Gasteiger partial charge on any atom is 0.311 e. The number of hydrogen-bond acceptors (Lipinski definition) is 4. The van der Waals surface area contributed by atoms with E-state index in [-0.39, 0.29) is 41.6 Å². The van der Waals surface area contributed by atoms with Crippen molar-refractivity contribution in [3.8, 4) is 5.69 Å². The highest BCUT2D eigenvalue weighted by atomic mass is 35.5. The van der Waals surface area contributed by atoms with Crippen molar-refractivity contribution in [1.29, 1.82) is 0 Å². The molecule has 42 heavy (non-hydrogen) atoms. The van der Waals surface area contributed by atoms with Crippen LogP contribution in [0.3, 0.4) is 0 Å². The van der Waals surface area contributed by atoms with Gasteiger partial charge in [0, 0.05) is 21.9 Å². The van der Waals surface area contributed by atoms with Crippen molar-refractivity contribution in [2.24, 2.45) is 17.3 Å². The SMILES string of the molecule is CCOC(=O)[C@H]1C2C=CC(C)(C2)[C@H]1NC(=O)c1nn(-c2ccc(Cl)cc2Cl)c2c1CCCCC2Cc1cccc(F)c1. The summed E-state index contributed by atoms with van der Waals surface area (Å²) in [6.45, 7) is 4.16. The molecule has 9 heteroatoms. The molecule has 1 amide bonds. The lowest BCUT2D eigenvalue weighted by Crippen LogP contribution is -2.50. The van der Waals surface area contributed by atoms with Crippen molar-refractivity contribution in [3.05, 3.63) is 93.0 Å². The predicted molar refractivity (Wildman–Crippen MR) is 161 cm³/mol. The molecule has 0 saturated heterocycles. The van der Waals surface area contributed by atoms with E-state index in [4.69, 9.17) is 33.0 Å². The van der Waals surface area contributed by atoms with Crippen LogP contribution in [0.5, 0.6) is 0 Å². The lowest BCUT2D eigenvalue weighted by atomic mass is 9.80. The van der Waals surface area contributed by atoms with Gasteiger partial charge >= 0.3 is 5.97 Å². The number of aromatic nitrogens is 2. The minimum atomic E-state index is -0.448. The Morgan fingerprint density at radius 1 is 1.19 bits per heavy atom. The van der Waals surface area contributed by atoms with E-state index < -0.39 is 12.0 Å². The Balaban J connectivity index is 1.42. The first kappa shape index (κ1) is 28.9. The van der Waals surface area contributed by atoms with Gasteiger partial charge in [0.2, 0.25) is 0 Å². The molecule has 3 aromatic rings. The van der Waals surface area contributed by atoms with Crippen LogP contribution in [0.1, 0.15) is 72.8 Å². The lowest BCUT2D eigenvalue weighted by Gasteiger charge is -2.33. The first-order chi connectivity index (χ1) is 20.2. The van der Waals surface area contributed by atoms with Crippen molar-refractivity contribution in [3.63, 3.8) is 0 Å². The van der Waals surface area contributed by atoms with E-state index in [1.165, 1.54) is 6.07 Å². The third-order valence-electron chi connectivity index (χ3n) is 9.14. The monoisotopic (exact) mass is 609 g/mol. The summed E-state index contributed by atoms with van der Waals surface area (Å²) in [6.07, 6.45) is 8.95. The molecule has 6 nitrogen and oxygen atoms in total. The summed E-state index contributed by atoms with van der Waals surface area (Å²) in [5, 5.41) is 9.04. The average molecular weight is 611 g/mol. The zero-order valence-electron chi connectivity index (χ0n) is 23.7. The summed E-state index contributed by atoms with van der Waals surface area (Å²) in [5.74, 6) is -1.31. The minimum absolute atomic E-state index is 0.0136. The van der Waals surface area contributed by atoms with Crippen molar-refractivity contribution in [1.82, 2.24) is 15.1 Å². The fourth-order valence-electron chi connectivity index (χ4n) is 7.26. The van der Waals surface area contributed by atoms with Gasteiger partial charge in [-0.1, -0.05) is 60.8 Å². The second kappa shape index (κ2) is 11.5. The topological polar surface area (TPSA) is 73.2 Å². The van der Waals surface area contributed by atoms with Crippen LogP contribution in [-0.4, -0.2) is 34.3 Å². The number of carbonyl (C=O) groups is 2. The van der Waals surface area contributed by atoms with Crippen molar-refractivity contribution in [2.75, 3.05) is 6.61 Å². The molecule has 220 valence electrons. The van der Waals surface area contributed by atoms with Gasteiger partial charge in [-0.2, -0.15) is 5.10 Å². The summed E-state index contributed by atoms with van der Waals surface area (Å²) in [4.78, 5) is 27.2. The number of nitrogens with one attached hydrogen (secondary N) is 1. The number of esters is 1. The van der Waals surface area contributed by atoms with Gasteiger partial charge in [-0.3, -0.25) is 9.59 Å². The number of benzene rings is 2. The van der Waals surface area contributed by atoms with Gasteiger partial charge in [-0.05, 0) is 80.8 Å². The van der Waals surface area contributed by atoms with E-state index in [2.05, 4.69) is 24.4 Å². The highest BCUT2D eigenvalue weighted by Gasteiger charge is 2.56. The van der Waals surface area contributed by atoms with E-state index in [0.29, 0.717) is 34.3 Å². The molecule has 2 bridgehead atoms. The Morgan fingerprint density at radius 3 is 2.79 bits per heavy atom. The standard InChI is InChI=1S/C33H34Cl2FN3O3/c1-3-42-32(41)27-21-13-14-33(2,18-21)30(27)37-31(40)28-24-10-5-4-8-20(15-19-7-6-9-23(36)16-19)29(24)39(38-28)26-12-11-22(34)17-25(26)35/h6-7,9,11-14,16-17,20-21,27,30H,3-5,8,10,15,18H2,1-2H3,(H,37,40)/t20?,21?,27-,30-,33?/m0/s1. The summed E-state index contributed by atoms with van der Waals surface area (Å²) in [6, 6.07) is 11.5. The molecule has 2 aromatic carbocycles. The van der Waals surface area contributed by atoms with Gasteiger partial charge in [0.05, 0.1) is 35.0 Å². The Morgan fingerprint density at radius 2 is 2.02 bits per heavy atom. The summed E-state index contributed by atoms with van der Waals surface area (Å²) >= 11 is 12.9. The molecular formula is C33H34Cl2FN3O3. The van der Waals surface area contributed by atoms with Crippen LogP contribution >= 0.6 is 23.2 Å². The molecule has 1 saturated carbocycles. The van der Waals surface area contributed by atoms with Crippen molar-refractivity contribution in [2.45, 2.75) is 64.3 Å². The molecule has 0 spiro atoms. The first-order valence-electron chi connectivity index (χ1n) is 14.7. The molecule has 1 aromatic heterocycles. The van der Waals surface area contributed by atoms with Gasteiger partial charge < -0.3 is 10.1 Å². The molecule has 0 aliphatic heterocycles. The lowest BCUT2D eigenvalue weighted by molar-refractivity contribution is -0.149. The minimum Gasteiger partial charge on any atom is -0.466 e. The van der Waals surface area contributed by atoms with Crippen LogP contribution in [0.2, 0.25) is 10.0 Å². The van der Waals surface area contributed by atoms with E-state index in [0.717, 1.165) is 42.5 Å². The highest BCUT2D eigenvalue weighted by molar-refractivity contribution is 6.35. The van der Waals surface area contributed by atoms with Crippen LogP contribution in [0.15, 0.2) is 54.6 Å². The molecule has 5 atom stereocenters. The summed E-state index contributed by atoms with van der Waals surface area (Å²) in [7, 11) is 0. The Bertz CT molecular complexity index is 1570. The fraction of sp³-hybridized carbons (Fsp3) is 0.424. The number of amides is 1. The number of carbonyl (C=O) groups excluding carboxylic acids is 2. The molecule has 1 fully saturated rings. The number of allylic oxidation sites excluding steroid dienone is 1. The Hall–Kier alpha value is -3.16. The summed E-state index contributed by atoms with van der Waals surface area (Å²) < 4.78 is 21.3. The average Bonchev–Trinajstić information content (AvgIpc) is 3.54. The Labute approximate surface area is 255 Å². The second-order valence-electron chi connectivity index (χ2n) is 12.0. The quantitative estimate of drug-likeness (QED) is 0.174. The molecular weight excluding hydrogens is 576 g/mol. The Kier molecular flexibility index (Phi) is 7.92. The van der Waals surface area contributed by atoms with Gasteiger partial charge in [0.1, 0.15) is 5.82 Å². The highest BCUT2D eigenvalue weighted by Crippen LogP contribution is 2.53. The van der Waals surface area contributed by atoms with Gasteiger partial charge in [-0.25, -0.2) is 9.07 Å². The first-order valence-corrected chi connectivity index (χ1v) is 15.4. The molecule has 6 rings (SSSR count). The zero-order chi connectivity index (χ0) is 29.6. The third kappa shape index (κ3) is 5.26. The van der Waals surface area contributed by atoms with Crippen LogP contribution in [0.4, 0.5) is 4.39 Å². The van der Waals surface area contributed by atoms with Crippen LogP contribution in [0.25, 0.3) is 5.69 Å². The van der Waals surface area contributed by atoms with E-state index in [1.54, 1.807) is 35.9 Å². The smallest absolute Gasteiger partial charge is 0.311 e. The largest absolute Gasteiger partial charge is 0.466 e. The summed E-state index contributed by atoms with van der Waals surface area (Å²) in [5.41, 5.74) is 3.27. The van der Waals surface area contributed by atoms with Gasteiger partial charge in [0.15, 0.2) is 5.69 Å². The van der Waals surface area contributed by atoms with Gasteiger partial charge in [-0.15, -0.1) is 0 Å². The number of halogens is 3. The van der Waals surface area contributed by atoms with E-state index in [1.807, 2.05) is 12.1 Å².